The average Bonchev–Trinajstić information content (AvgIpc) is 2.62. The second-order valence-corrected chi connectivity index (χ2v) is 6.72. The zero-order valence-corrected chi connectivity index (χ0v) is 14.6. The first-order chi connectivity index (χ1) is 12.8. The van der Waals surface area contributed by atoms with E-state index in [1.165, 1.54) is 0 Å². The van der Waals surface area contributed by atoms with E-state index in [4.69, 9.17) is 0 Å². The number of nitrogens with one attached hydrogen (secondary N) is 1. The lowest BCUT2D eigenvalue weighted by atomic mass is 10.0. The Bertz CT molecular complexity index is 792. The van der Waals surface area contributed by atoms with Crippen molar-refractivity contribution in [2.45, 2.75) is 31.6 Å². The summed E-state index contributed by atoms with van der Waals surface area (Å²) in [6.45, 7) is 2.15. The van der Waals surface area contributed by atoms with Gasteiger partial charge in [0.05, 0.1) is 11.1 Å². The standard InChI is InChI=1S/C20H20F4N2O/c21-15-8-9-17(18(11-15)20(22,23)24)19(27)25-16-7-4-10-26(13-16)12-14-5-2-1-3-6-14/h1-3,5-6,8-9,11,16H,4,7,10,12-13H2,(H,25,27). The number of benzene rings is 2. The Balaban J connectivity index is 1.67. The van der Waals surface area contributed by atoms with Gasteiger partial charge in [0.2, 0.25) is 0 Å². The Kier molecular flexibility index (Phi) is 5.79. The van der Waals surface area contributed by atoms with Crippen molar-refractivity contribution < 1.29 is 22.4 Å². The molecule has 0 saturated carbocycles. The van der Waals surface area contributed by atoms with Gasteiger partial charge in [0, 0.05) is 19.1 Å². The number of likely N-dealkylation sites (tertiary alicyclic amines) is 1. The Morgan fingerprint density at radius 2 is 1.89 bits per heavy atom. The number of nitrogens with zero attached hydrogens (tertiary/aromatic N) is 1. The van der Waals surface area contributed by atoms with Crippen molar-refractivity contribution in [3.63, 3.8) is 0 Å². The summed E-state index contributed by atoms with van der Waals surface area (Å²) in [5.74, 6) is -1.85. The van der Waals surface area contributed by atoms with Crippen LogP contribution in [0.5, 0.6) is 0 Å². The zero-order chi connectivity index (χ0) is 19.4. The summed E-state index contributed by atoms with van der Waals surface area (Å²) in [5, 5.41) is 2.68. The van der Waals surface area contributed by atoms with E-state index in [-0.39, 0.29) is 6.04 Å². The van der Waals surface area contributed by atoms with Crippen LogP contribution in [0.15, 0.2) is 48.5 Å². The van der Waals surface area contributed by atoms with Gasteiger partial charge < -0.3 is 5.32 Å². The van der Waals surface area contributed by atoms with Crippen LogP contribution in [0.4, 0.5) is 17.6 Å². The molecular formula is C20H20F4N2O. The van der Waals surface area contributed by atoms with Crippen LogP contribution in [0.25, 0.3) is 0 Å². The fourth-order valence-corrected chi connectivity index (χ4v) is 3.37. The molecular weight excluding hydrogens is 360 g/mol. The van der Waals surface area contributed by atoms with Crippen molar-refractivity contribution in [1.82, 2.24) is 10.2 Å². The number of halogens is 4. The van der Waals surface area contributed by atoms with Crippen LogP contribution in [-0.2, 0) is 12.7 Å². The molecule has 27 heavy (non-hydrogen) atoms. The normalized spacial score (nSPS) is 18.3. The number of rotatable bonds is 4. The van der Waals surface area contributed by atoms with Crippen LogP contribution < -0.4 is 5.32 Å². The smallest absolute Gasteiger partial charge is 0.348 e. The van der Waals surface area contributed by atoms with E-state index in [1.54, 1.807) is 0 Å². The minimum absolute atomic E-state index is 0.249. The number of alkyl halides is 3. The molecule has 1 heterocycles. The van der Waals surface area contributed by atoms with Crippen molar-refractivity contribution >= 4 is 5.91 Å². The van der Waals surface area contributed by atoms with Gasteiger partial charge in [0.25, 0.3) is 5.91 Å². The summed E-state index contributed by atoms with van der Waals surface area (Å²) < 4.78 is 52.6. The highest BCUT2D eigenvalue weighted by Crippen LogP contribution is 2.32. The summed E-state index contributed by atoms with van der Waals surface area (Å²) in [4.78, 5) is 14.6. The highest BCUT2D eigenvalue weighted by molar-refractivity contribution is 5.96. The summed E-state index contributed by atoms with van der Waals surface area (Å²) in [6, 6.07) is 11.7. The molecule has 2 aromatic carbocycles. The fraction of sp³-hybridized carbons (Fsp3) is 0.350. The summed E-state index contributed by atoms with van der Waals surface area (Å²) >= 11 is 0. The van der Waals surface area contributed by atoms with Crippen molar-refractivity contribution in [3.05, 3.63) is 71.0 Å². The molecule has 3 rings (SSSR count). The first-order valence-corrected chi connectivity index (χ1v) is 8.77. The number of amides is 1. The van der Waals surface area contributed by atoms with Gasteiger partial charge in [-0.05, 0) is 43.1 Å². The molecule has 0 aliphatic carbocycles. The van der Waals surface area contributed by atoms with Crippen molar-refractivity contribution in [1.29, 1.82) is 0 Å². The molecule has 3 nitrogen and oxygen atoms in total. The lowest BCUT2D eigenvalue weighted by molar-refractivity contribution is -0.138. The highest BCUT2D eigenvalue weighted by atomic mass is 19.4. The molecule has 0 spiro atoms. The first-order valence-electron chi connectivity index (χ1n) is 8.77. The molecule has 1 unspecified atom stereocenters. The van der Waals surface area contributed by atoms with Gasteiger partial charge in [-0.1, -0.05) is 30.3 Å². The van der Waals surface area contributed by atoms with Crippen molar-refractivity contribution in [2.24, 2.45) is 0 Å². The Morgan fingerprint density at radius 3 is 2.59 bits per heavy atom. The van der Waals surface area contributed by atoms with Crippen LogP contribution in [0.1, 0.15) is 34.3 Å². The van der Waals surface area contributed by atoms with Crippen LogP contribution in [0, 0.1) is 5.82 Å². The van der Waals surface area contributed by atoms with Crippen LogP contribution in [0.3, 0.4) is 0 Å². The predicted octanol–water partition coefficient (Wildman–Crippen LogP) is 4.24. The molecule has 2 aromatic rings. The van der Waals surface area contributed by atoms with E-state index in [0.29, 0.717) is 19.0 Å². The SMILES string of the molecule is O=C(NC1CCCN(Cc2ccccc2)C1)c1ccc(F)cc1C(F)(F)F. The lowest BCUT2D eigenvalue weighted by Crippen LogP contribution is -2.47. The molecule has 1 N–H and O–H groups in total. The molecule has 0 aromatic heterocycles. The van der Waals surface area contributed by atoms with Gasteiger partial charge in [0.15, 0.2) is 0 Å². The quantitative estimate of drug-likeness (QED) is 0.805. The van der Waals surface area contributed by atoms with Crippen LogP contribution in [-0.4, -0.2) is 29.9 Å². The lowest BCUT2D eigenvalue weighted by Gasteiger charge is -2.33. The number of hydrogen-bond acceptors (Lipinski definition) is 2. The van der Waals surface area contributed by atoms with E-state index in [0.717, 1.165) is 37.2 Å². The summed E-state index contributed by atoms with van der Waals surface area (Å²) in [6.07, 6.45) is -3.26. The monoisotopic (exact) mass is 380 g/mol. The third-order valence-corrected chi connectivity index (χ3v) is 4.62. The summed E-state index contributed by atoms with van der Waals surface area (Å²) in [5.41, 5.74) is -0.664. The maximum Gasteiger partial charge on any atom is 0.417 e. The van der Waals surface area contributed by atoms with Gasteiger partial charge in [-0.25, -0.2) is 4.39 Å². The molecule has 7 heteroatoms. The fourth-order valence-electron chi connectivity index (χ4n) is 3.37. The maximum absolute atomic E-state index is 13.2. The molecule has 1 aliphatic heterocycles. The topological polar surface area (TPSA) is 32.3 Å². The van der Waals surface area contributed by atoms with Gasteiger partial charge in [-0.2, -0.15) is 13.2 Å². The maximum atomic E-state index is 13.2. The van der Waals surface area contributed by atoms with Gasteiger partial charge in [-0.15, -0.1) is 0 Å². The van der Waals surface area contributed by atoms with Gasteiger partial charge in [0.1, 0.15) is 5.82 Å². The Hall–Kier alpha value is -2.41. The molecule has 0 radical (unpaired) electrons. The van der Waals surface area contributed by atoms with E-state index in [1.807, 2.05) is 30.3 Å². The number of carbonyl (C=O) groups is 1. The molecule has 0 bridgehead atoms. The molecule has 144 valence electrons. The number of carbonyl (C=O) groups excluding carboxylic acids is 1. The molecule has 1 aliphatic rings. The van der Waals surface area contributed by atoms with E-state index in [2.05, 4.69) is 10.2 Å². The van der Waals surface area contributed by atoms with E-state index in [9.17, 15) is 22.4 Å². The third kappa shape index (κ3) is 5.07. The first kappa shape index (κ1) is 19.4. The van der Waals surface area contributed by atoms with Gasteiger partial charge in [-0.3, -0.25) is 9.69 Å². The van der Waals surface area contributed by atoms with Crippen molar-refractivity contribution in [2.75, 3.05) is 13.1 Å². The second kappa shape index (κ2) is 8.08. The molecule has 1 fully saturated rings. The Morgan fingerprint density at radius 1 is 1.15 bits per heavy atom. The number of piperidine rings is 1. The molecule has 1 amide bonds. The minimum Gasteiger partial charge on any atom is -0.348 e. The number of hydrogen-bond donors (Lipinski definition) is 1. The average molecular weight is 380 g/mol. The van der Waals surface area contributed by atoms with Crippen LogP contribution in [0.2, 0.25) is 0 Å². The van der Waals surface area contributed by atoms with Gasteiger partial charge >= 0.3 is 6.18 Å². The molecule has 1 atom stereocenters. The van der Waals surface area contributed by atoms with Crippen molar-refractivity contribution in [3.8, 4) is 0 Å². The third-order valence-electron chi connectivity index (χ3n) is 4.62. The van der Waals surface area contributed by atoms with Crippen LogP contribution >= 0.6 is 0 Å². The molecule has 1 saturated heterocycles. The zero-order valence-electron chi connectivity index (χ0n) is 14.6. The minimum atomic E-state index is -4.79. The second-order valence-electron chi connectivity index (χ2n) is 6.72. The summed E-state index contributed by atoms with van der Waals surface area (Å²) in [7, 11) is 0. The van der Waals surface area contributed by atoms with E-state index >= 15 is 0 Å². The highest BCUT2D eigenvalue weighted by Gasteiger charge is 2.36. The van der Waals surface area contributed by atoms with E-state index < -0.39 is 29.0 Å². The predicted molar refractivity (Wildman–Crippen MR) is 93.6 cm³/mol. The Labute approximate surface area is 155 Å². The largest absolute Gasteiger partial charge is 0.417 e.